The topological polar surface area (TPSA) is 58.2 Å². The Hall–Kier alpha value is -1.47. The highest BCUT2D eigenvalue weighted by Gasteiger charge is 2.47. The molecule has 162 valence electrons. The van der Waals surface area contributed by atoms with Gasteiger partial charge >= 0.3 is 0 Å². The molecular weight excluding hydrogens is 423 g/mol. The van der Waals surface area contributed by atoms with Crippen LogP contribution in [0.15, 0.2) is 42.5 Å². The summed E-state index contributed by atoms with van der Waals surface area (Å²) in [6.45, 7) is 0.532. The van der Waals surface area contributed by atoms with Crippen LogP contribution < -0.4 is 10.0 Å². The molecule has 1 atom stereocenters. The number of benzene rings is 2. The van der Waals surface area contributed by atoms with Gasteiger partial charge < -0.3 is 5.32 Å². The Labute approximate surface area is 183 Å². The normalized spacial score (nSPS) is 20.4. The molecule has 2 aromatic rings. The Bertz CT molecular complexity index is 991. The SMILES string of the molecule is O=S(=O)(CCCF)NCc1ccc2c(c1)C(C1(c3ccc(Cl)cc3)CCC1)NCC2. The van der Waals surface area contributed by atoms with Crippen molar-refractivity contribution in [3.05, 3.63) is 69.7 Å². The van der Waals surface area contributed by atoms with E-state index in [4.69, 9.17) is 11.6 Å². The minimum Gasteiger partial charge on any atom is -0.309 e. The van der Waals surface area contributed by atoms with E-state index in [1.54, 1.807) is 0 Å². The first-order valence-electron chi connectivity index (χ1n) is 10.6. The second kappa shape index (κ2) is 8.95. The molecule has 2 aliphatic rings. The van der Waals surface area contributed by atoms with E-state index >= 15 is 0 Å². The summed E-state index contributed by atoms with van der Waals surface area (Å²) in [5.74, 6) is -0.182. The average Bonchev–Trinajstić information content (AvgIpc) is 2.71. The lowest BCUT2D eigenvalue weighted by Crippen LogP contribution is -2.49. The predicted octanol–water partition coefficient (Wildman–Crippen LogP) is 4.43. The Morgan fingerprint density at radius 2 is 1.93 bits per heavy atom. The molecule has 1 fully saturated rings. The third-order valence-electron chi connectivity index (χ3n) is 6.52. The lowest BCUT2D eigenvalue weighted by Gasteiger charge is -2.50. The van der Waals surface area contributed by atoms with Crippen molar-refractivity contribution < 1.29 is 12.8 Å². The molecular formula is C23H28ClFN2O2S. The Kier molecular flexibility index (Phi) is 6.49. The van der Waals surface area contributed by atoms with E-state index in [1.807, 2.05) is 18.2 Å². The quantitative estimate of drug-likeness (QED) is 0.625. The van der Waals surface area contributed by atoms with Crippen LogP contribution in [-0.4, -0.2) is 27.4 Å². The number of hydrogen-bond acceptors (Lipinski definition) is 3. The summed E-state index contributed by atoms with van der Waals surface area (Å²) in [5.41, 5.74) is 4.86. The largest absolute Gasteiger partial charge is 0.309 e. The fraction of sp³-hybridized carbons (Fsp3) is 0.478. The molecule has 4 rings (SSSR count). The third kappa shape index (κ3) is 4.42. The van der Waals surface area contributed by atoms with E-state index in [2.05, 4.69) is 34.3 Å². The number of hydrogen-bond donors (Lipinski definition) is 2. The van der Waals surface area contributed by atoms with Crippen LogP contribution in [0.4, 0.5) is 4.39 Å². The van der Waals surface area contributed by atoms with Crippen LogP contribution in [-0.2, 0) is 28.4 Å². The molecule has 1 heterocycles. The van der Waals surface area contributed by atoms with Crippen molar-refractivity contribution in [2.75, 3.05) is 19.0 Å². The molecule has 7 heteroatoms. The predicted molar refractivity (Wildman–Crippen MR) is 119 cm³/mol. The first-order valence-corrected chi connectivity index (χ1v) is 12.6. The van der Waals surface area contributed by atoms with Gasteiger partial charge in [0, 0.05) is 23.0 Å². The van der Waals surface area contributed by atoms with Crippen LogP contribution in [0.25, 0.3) is 0 Å². The van der Waals surface area contributed by atoms with Crippen LogP contribution in [0, 0.1) is 0 Å². The van der Waals surface area contributed by atoms with Crippen molar-refractivity contribution in [1.82, 2.24) is 10.0 Å². The molecule has 1 saturated carbocycles. The average molecular weight is 451 g/mol. The number of sulfonamides is 1. The van der Waals surface area contributed by atoms with Crippen molar-refractivity contribution in [3.63, 3.8) is 0 Å². The van der Waals surface area contributed by atoms with Crippen LogP contribution in [0.1, 0.15) is 54.0 Å². The first kappa shape index (κ1) is 21.8. The summed E-state index contributed by atoms with van der Waals surface area (Å²) in [7, 11) is -3.46. The van der Waals surface area contributed by atoms with Gasteiger partial charge in [-0.3, -0.25) is 4.39 Å². The standard InChI is InChI=1S/C23H28ClFN2O2S/c24-20-7-5-19(6-8-20)23(10-1-11-23)22-21-15-17(3-4-18(21)9-13-26-22)16-27-30(28,29)14-2-12-25/h3-8,15,22,26-27H,1-2,9-14,16H2. The summed E-state index contributed by atoms with van der Waals surface area (Å²) < 4.78 is 39.0. The van der Waals surface area contributed by atoms with Gasteiger partial charge in [-0.1, -0.05) is 48.4 Å². The van der Waals surface area contributed by atoms with Crippen LogP contribution in [0.3, 0.4) is 0 Å². The first-order chi connectivity index (χ1) is 14.4. The molecule has 0 amide bonds. The van der Waals surface area contributed by atoms with Crippen molar-refractivity contribution >= 4 is 21.6 Å². The Morgan fingerprint density at radius 1 is 1.17 bits per heavy atom. The summed E-state index contributed by atoms with van der Waals surface area (Å²) in [6.07, 6.45) is 4.42. The maximum absolute atomic E-state index is 12.3. The maximum atomic E-state index is 12.3. The molecule has 0 radical (unpaired) electrons. The zero-order chi connectivity index (χ0) is 21.2. The summed E-state index contributed by atoms with van der Waals surface area (Å²) >= 11 is 6.12. The van der Waals surface area contributed by atoms with E-state index in [0.29, 0.717) is 0 Å². The molecule has 0 saturated heterocycles. The molecule has 0 bridgehead atoms. The zero-order valence-electron chi connectivity index (χ0n) is 17.0. The van der Waals surface area contributed by atoms with E-state index in [-0.39, 0.29) is 30.2 Å². The molecule has 4 nitrogen and oxygen atoms in total. The second-order valence-electron chi connectivity index (χ2n) is 8.37. The molecule has 2 N–H and O–H groups in total. The smallest absolute Gasteiger partial charge is 0.211 e. The summed E-state index contributed by atoms with van der Waals surface area (Å²) in [5, 5.41) is 4.49. The maximum Gasteiger partial charge on any atom is 0.211 e. The third-order valence-corrected chi connectivity index (χ3v) is 8.19. The lowest BCUT2D eigenvalue weighted by atomic mass is 9.58. The zero-order valence-corrected chi connectivity index (χ0v) is 18.5. The molecule has 30 heavy (non-hydrogen) atoms. The van der Waals surface area contributed by atoms with Crippen molar-refractivity contribution in [2.24, 2.45) is 0 Å². The summed E-state index contributed by atoms with van der Waals surface area (Å²) in [6, 6.07) is 14.7. The number of rotatable bonds is 8. The minimum absolute atomic E-state index is 0.0229. The minimum atomic E-state index is -3.46. The lowest BCUT2D eigenvalue weighted by molar-refractivity contribution is 0.164. The van der Waals surface area contributed by atoms with Crippen LogP contribution in [0.5, 0.6) is 0 Å². The van der Waals surface area contributed by atoms with Gasteiger partial charge in [0.15, 0.2) is 0 Å². The van der Waals surface area contributed by atoms with Gasteiger partial charge in [-0.25, -0.2) is 13.1 Å². The number of nitrogens with one attached hydrogen (secondary N) is 2. The molecule has 1 aliphatic heterocycles. The Morgan fingerprint density at radius 3 is 2.60 bits per heavy atom. The monoisotopic (exact) mass is 450 g/mol. The van der Waals surface area contributed by atoms with Gasteiger partial charge in [0.2, 0.25) is 10.0 Å². The highest BCUT2D eigenvalue weighted by Crippen LogP contribution is 2.53. The summed E-state index contributed by atoms with van der Waals surface area (Å²) in [4.78, 5) is 0. The van der Waals surface area contributed by atoms with Crippen LogP contribution >= 0.6 is 11.6 Å². The van der Waals surface area contributed by atoms with Gasteiger partial charge in [0.1, 0.15) is 0 Å². The van der Waals surface area contributed by atoms with Gasteiger partial charge in [-0.15, -0.1) is 0 Å². The van der Waals surface area contributed by atoms with Crippen molar-refractivity contribution in [3.8, 4) is 0 Å². The van der Waals surface area contributed by atoms with Gasteiger partial charge in [0.25, 0.3) is 0 Å². The number of fused-ring (bicyclic) bond motifs is 1. The van der Waals surface area contributed by atoms with E-state index in [1.165, 1.54) is 23.1 Å². The van der Waals surface area contributed by atoms with E-state index < -0.39 is 16.7 Å². The van der Waals surface area contributed by atoms with Crippen molar-refractivity contribution in [1.29, 1.82) is 0 Å². The second-order valence-corrected chi connectivity index (χ2v) is 10.7. The highest BCUT2D eigenvalue weighted by atomic mass is 35.5. The van der Waals surface area contributed by atoms with Crippen molar-refractivity contribution in [2.45, 2.75) is 50.1 Å². The van der Waals surface area contributed by atoms with Gasteiger partial charge in [-0.05, 0) is 66.6 Å². The van der Waals surface area contributed by atoms with E-state index in [9.17, 15) is 12.8 Å². The molecule has 2 aromatic carbocycles. The molecule has 0 aromatic heterocycles. The molecule has 1 aliphatic carbocycles. The number of alkyl halides is 1. The van der Waals surface area contributed by atoms with Gasteiger partial charge in [0.05, 0.1) is 12.4 Å². The highest BCUT2D eigenvalue weighted by molar-refractivity contribution is 7.89. The number of halogens is 2. The fourth-order valence-electron chi connectivity index (χ4n) is 4.80. The molecule has 1 unspecified atom stereocenters. The Balaban J connectivity index is 1.60. The van der Waals surface area contributed by atoms with Gasteiger partial charge in [-0.2, -0.15) is 0 Å². The van der Waals surface area contributed by atoms with E-state index in [0.717, 1.165) is 36.4 Å². The molecule has 0 spiro atoms. The van der Waals surface area contributed by atoms with Crippen LogP contribution in [0.2, 0.25) is 5.02 Å². The fourth-order valence-corrected chi connectivity index (χ4v) is 5.94.